The second-order valence-corrected chi connectivity index (χ2v) is 9.20. The third-order valence-corrected chi connectivity index (χ3v) is 6.73. The van der Waals surface area contributed by atoms with Crippen LogP contribution in [-0.4, -0.2) is 20.8 Å². The Morgan fingerprint density at radius 1 is 0.658 bits per heavy atom. The van der Waals surface area contributed by atoms with Gasteiger partial charge in [0.2, 0.25) is 0 Å². The van der Waals surface area contributed by atoms with Gasteiger partial charge in [-0.3, -0.25) is 0 Å². The van der Waals surface area contributed by atoms with Crippen molar-refractivity contribution in [2.45, 2.75) is 32.1 Å². The Bertz CT molecular complexity index is 1310. The molecule has 38 heavy (non-hydrogen) atoms. The molecule has 198 valence electrons. The smallest absolute Gasteiger partial charge is 0.162 e. The Labute approximate surface area is 231 Å². The van der Waals surface area contributed by atoms with Crippen LogP contribution in [0.4, 0.5) is 0 Å². The quantitative estimate of drug-likeness (QED) is 0.246. The van der Waals surface area contributed by atoms with E-state index in [0.29, 0.717) is 13.2 Å². The molecule has 1 heterocycles. The van der Waals surface area contributed by atoms with Gasteiger partial charge in [0.1, 0.15) is 13.2 Å². The number of halogens is 1. The summed E-state index contributed by atoms with van der Waals surface area (Å²) >= 11 is 0. The van der Waals surface area contributed by atoms with Crippen LogP contribution in [-0.2, 0) is 26.1 Å². The van der Waals surface area contributed by atoms with Gasteiger partial charge in [-0.2, -0.15) is 0 Å². The first kappa shape index (κ1) is 27.4. The zero-order chi connectivity index (χ0) is 25.5. The van der Waals surface area contributed by atoms with Crippen LogP contribution in [0.2, 0.25) is 0 Å². The minimum atomic E-state index is 0. The Morgan fingerprint density at radius 3 is 1.89 bits per heavy atom. The standard InChI is InChI=1S/C32H33NO4.ClH/c1-34-30-18-25(13-14-29(30)36-21-23-9-5-3-6-10-23)17-28-27-20-32(37-22-24-11-7-4-8-12-24)31(35-2)19-26(27)15-16-33-28;/h3-14,18-20,28,33H,15-17,21-22H2,1-2H3;1H/t28-;/m0./s1. The number of hydrogen-bond acceptors (Lipinski definition) is 5. The summed E-state index contributed by atoms with van der Waals surface area (Å²) in [5, 5.41) is 3.69. The van der Waals surface area contributed by atoms with Gasteiger partial charge in [-0.05, 0) is 71.5 Å². The molecule has 0 saturated heterocycles. The first-order valence-electron chi connectivity index (χ1n) is 12.7. The van der Waals surface area contributed by atoms with Crippen LogP contribution < -0.4 is 24.3 Å². The molecule has 0 fully saturated rings. The van der Waals surface area contributed by atoms with E-state index in [9.17, 15) is 0 Å². The van der Waals surface area contributed by atoms with Gasteiger partial charge < -0.3 is 24.3 Å². The molecule has 1 N–H and O–H groups in total. The third-order valence-electron chi connectivity index (χ3n) is 6.73. The molecule has 6 heteroatoms. The summed E-state index contributed by atoms with van der Waals surface area (Å²) in [7, 11) is 3.38. The fraction of sp³-hybridized carbons (Fsp3) is 0.250. The van der Waals surface area contributed by atoms with Gasteiger partial charge in [-0.1, -0.05) is 66.7 Å². The summed E-state index contributed by atoms with van der Waals surface area (Å²) in [6.07, 6.45) is 1.78. The molecular formula is C32H34ClNO4. The Kier molecular flexibility index (Phi) is 9.52. The van der Waals surface area contributed by atoms with Crippen molar-refractivity contribution in [2.24, 2.45) is 0 Å². The molecule has 5 nitrogen and oxygen atoms in total. The summed E-state index contributed by atoms with van der Waals surface area (Å²) in [5.41, 5.74) is 5.97. The van der Waals surface area contributed by atoms with Crippen molar-refractivity contribution < 1.29 is 18.9 Å². The molecule has 0 unspecified atom stereocenters. The van der Waals surface area contributed by atoms with E-state index in [1.165, 1.54) is 16.7 Å². The van der Waals surface area contributed by atoms with Gasteiger partial charge in [0.15, 0.2) is 23.0 Å². The van der Waals surface area contributed by atoms with Crippen LogP contribution in [0.1, 0.15) is 33.9 Å². The second-order valence-electron chi connectivity index (χ2n) is 9.20. The van der Waals surface area contributed by atoms with Gasteiger partial charge >= 0.3 is 0 Å². The molecule has 0 saturated carbocycles. The number of nitrogens with one attached hydrogen (secondary N) is 1. The van der Waals surface area contributed by atoms with Crippen LogP contribution in [0.5, 0.6) is 23.0 Å². The maximum absolute atomic E-state index is 6.21. The summed E-state index contributed by atoms with van der Waals surface area (Å²) in [6.45, 7) is 1.91. The van der Waals surface area contributed by atoms with Crippen LogP contribution in [0.15, 0.2) is 91.0 Å². The number of fused-ring (bicyclic) bond motifs is 1. The monoisotopic (exact) mass is 531 g/mol. The zero-order valence-electron chi connectivity index (χ0n) is 21.8. The molecule has 0 aliphatic carbocycles. The first-order chi connectivity index (χ1) is 18.2. The number of benzene rings is 4. The van der Waals surface area contributed by atoms with E-state index >= 15 is 0 Å². The van der Waals surface area contributed by atoms with Crippen LogP contribution in [0, 0.1) is 0 Å². The van der Waals surface area contributed by atoms with E-state index in [-0.39, 0.29) is 18.4 Å². The van der Waals surface area contributed by atoms with Crippen molar-refractivity contribution in [1.82, 2.24) is 5.32 Å². The number of ether oxygens (including phenoxy) is 4. The van der Waals surface area contributed by atoms with Crippen molar-refractivity contribution in [2.75, 3.05) is 20.8 Å². The van der Waals surface area contributed by atoms with Crippen LogP contribution in [0.25, 0.3) is 0 Å². The molecule has 4 aromatic carbocycles. The SMILES string of the molecule is COc1cc(C[C@@H]2NCCc3cc(OC)c(OCc4ccccc4)cc32)ccc1OCc1ccccc1.Cl. The predicted octanol–water partition coefficient (Wildman–Crippen LogP) is 6.71. The Morgan fingerprint density at radius 2 is 1.26 bits per heavy atom. The van der Waals surface area contributed by atoms with E-state index < -0.39 is 0 Å². The molecule has 5 rings (SSSR count). The second kappa shape index (κ2) is 13.2. The molecule has 1 aliphatic heterocycles. The Balaban J connectivity index is 0.00000336. The van der Waals surface area contributed by atoms with Gasteiger partial charge in [0.05, 0.1) is 14.2 Å². The zero-order valence-corrected chi connectivity index (χ0v) is 22.6. The lowest BCUT2D eigenvalue weighted by Gasteiger charge is -2.28. The molecule has 0 radical (unpaired) electrons. The summed E-state index contributed by atoms with van der Waals surface area (Å²) in [4.78, 5) is 0. The van der Waals surface area contributed by atoms with Crippen molar-refractivity contribution in [3.8, 4) is 23.0 Å². The minimum Gasteiger partial charge on any atom is -0.493 e. The average molecular weight is 532 g/mol. The molecule has 0 bridgehead atoms. The maximum atomic E-state index is 6.21. The number of hydrogen-bond donors (Lipinski definition) is 1. The third kappa shape index (κ3) is 6.60. The lowest BCUT2D eigenvalue weighted by atomic mass is 9.89. The van der Waals surface area contributed by atoms with Crippen molar-refractivity contribution in [3.63, 3.8) is 0 Å². The van der Waals surface area contributed by atoms with Crippen molar-refractivity contribution >= 4 is 12.4 Å². The van der Waals surface area contributed by atoms with E-state index in [4.69, 9.17) is 18.9 Å². The molecule has 1 atom stereocenters. The lowest BCUT2D eigenvalue weighted by Crippen LogP contribution is -2.31. The minimum absolute atomic E-state index is 0. The van der Waals surface area contributed by atoms with Gasteiger partial charge in [-0.25, -0.2) is 0 Å². The van der Waals surface area contributed by atoms with Crippen LogP contribution in [0.3, 0.4) is 0 Å². The number of rotatable bonds is 10. The Hall–Kier alpha value is -3.67. The van der Waals surface area contributed by atoms with Gasteiger partial charge in [0, 0.05) is 6.04 Å². The van der Waals surface area contributed by atoms with E-state index in [2.05, 4.69) is 53.8 Å². The fourth-order valence-corrected chi connectivity index (χ4v) is 4.77. The molecule has 0 amide bonds. The lowest BCUT2D eigenvalue weighted by molar-refractivity contribution is 0.283. The van der Waals surface area contributed by atoms with Gasteiger partial charge in [0.25, 0.3) is 0 Å². The highest BCUT2D eigenvalue weighted by Crippen LogP contribution is 2.38. The molecule has 1 aliphatic rings. The largest absolute Gasteiger partial charge is 0.493 e. The molecule has 0 aromatic heterocycles. The highest BCUT2D eigenvalue weighted by Gasteiger charge is 2.23. The highest BCUT2D eigenvalue weighted by atomic mass is 35.5. The van der Waals surface area contributed by atoms with Crippen molar-refractivity contribution in [1.29, 1.82) is 0 Å². The molecule has 0 spiro atoms. The first-order valence-corrected chi connectivity index (χ1v) is 12.7. The average Bonchev–Trinajstić information content (AvgIpc) is 2.96. The predicted molar refractivity (Wildman–Crippen MR) is 153 cm³/mol. The molecule has 4 aromatic rings. The topological polar surface area (TPSA) is 49.0 Å². The molecular weight excluding hydrogens is 498 g/mol. The normalized spacial score (nSPS) is 14.1. The maximum Gasteiger partial charge on any atom is 0.162 e. The number of methoxy groups -OCH3 is 2. The van der Waals surface area contributed by atoms with E-state index in [1.807, 2.05) is 42.5 Å². The van der Waals surface area contributed by atoms with E-state index in [0.717, 1.165) is 53.5 Å². The van der Waals surface area contributed by atoms with Gasteiger partial charge in [-0.15, -0.1) is 12.4 Å². The fourth-order valence-electron chi connectivity index (χ4n) is 4.77. The highest BCUT2D eigenvalue weighted by molar-refractivity contribution is 5.85. The van der Waals surface area contributed by atoms with Crippen molar-refractivity contribution in [3.05, 3.63) is 119 Å². The van der Waals surface area contributed by atoms with Crippen LogP contribution >= 0.6 is 12.4 Å². The van der Waals surface area contributed by atoms with E-state index in [1.54, 1.807) is 14.2 Å². The summed E-state index contributed by atoms with van der Waals surface area (Å²) in [6, 6.07) is 31.0. The summed E-state index contributed by atoms with van der Waals surface area (Å²) < 4.78 is 23.6. The summed E-state index contributed by atoms with van der Waals surface area (Å²) in [5.74, 6) is 3.03.